The predicted molar refractivity (Wildman–Crippen MR) is 134 cm³/mol. The van der Waals surface area contributed by atoms with Crippen molar-refractivity contribution in [2.24, 2.45) is 5.92 Å². The Hall–Kier alpha value is -3.46. The molecule has 2 aliphatic rings. The molecule has 3 aromatic rings. The number of aromatic nitrogens is 1. The summed E-state index contributed by atoms with van der Waals surface area (Å²) in [4.78, 5) is 45.4. The Morgan fingerprint density at radius 3 is 2.62 bits per heavy atom. The van der Waals surface area contributed by atoms with Crippen LogP contribution in [-0.2, 0) is 14.4 Å². The lowest BCUT2D eigenvalue weighted by atomic mass is 9.97. The Morgan fingerprint density at radius 2 is 1.85 bits per heavy atom. The molecule has 0 atom stereocenters. The Kier molecular flexibility index (Phi) is 6.44. The van der Waals surface area contributed by atoms with E-state index in [0.717, 1.165) is 48.7 Å². The number of benzene rings is 2. The van der Waals surface area contributed by atoms with Crippen molar-refractivity contribution in [1.29, 1.82) is 0 Å². The van der Waals surface area contributed by atoms with Crippen LogP contribution in [0.3, 0.4) is 0 Å². The SMILES string of the molecule is O=C(NCC1CCN(c2nc3ccccc3s2)CC1)C(=O)Nc1cccc(N2CCCC2=O)c1. The maximum absolute atomic E-state index is 12.4. The largest absolute Gasteiger partial charge is 0.348 e. The van der Waals surface area contributed by atoms with E-state index in [4.69, 9.17) is 4.98 Å². The third-order valence-electron chi connectivity index (χ3n) is 6.41. The van der Waals surface area contributed by atoms with E-state index in [1.54, 1.807) is 34.4 Å². The van der Waals surface area contributed by atoms with E-state index in [9.17, 15) is 14.4 Å². The first-order valence-electron chi connectivity index (χ1n) is 11.7. The predicted octanol–water partition coefficient (Wildman–Crippen LogP) is 3.39. The summed E-state index contributed by atoms with van der Waals surface area (Å²) in [6.45, 7) is 2.92. The van der Waals surface area contributed by atoms with Gasteiger partial charge in [-0.25, -0.2) is 4.98 Å². The van der Waals surface area contributed by atoms with Crippen LogP contribution in [0.1, 0.15) is 25.7 Å². The number of para-hydroxylation sites is 1. The number of rotatable bonds is 5. The van der Waals surface area contributed by atoms with Crippen LogP contribution in [0, 0.1) is 5.92 Å². The summed E-state index contributed by atoms with van der Waals surface area (Å²) < 4.78 is 1.19. The van der Waals surface area contributed by atoms with Crippen LogP contribution in [0.2, 0.25) is 0 Å². The number of thiazole rings is 1. The van der Waals surface area contributed by atoms with Crippen LogP contribution < -0.4 is 20.4 Å². The van der Waals surface area contributed by atoms with Crippen LogP contribution in [0.5, 0.6) is 0 Å². The first-order valence-corrected chi connectivity index (χ1v) is 12.5. The minimum Gasteiger partial charge on any atom is -0.348 e. The van der Waals surface area contributed by atoms with Gasteiger partial charge in [0.25, 0.3) is 0 Å². The fraction of sp³-hybridized carbons (Fsp3) is 0.360. The summed E-state index contributed by atoms with van der Waals surface area (Å²) in [6, 6.07) is 15.2. The minimum absolute atomic E-state index is 0.0791. The molecule has 34 heavy (non-hydrogen) atoms. The molecule has 0 radical (unpaired) electrons. The Morgan fingerprint density at radius 1 is 1.03 bits per heavy atom. The number of fused-ring (bicyclic) bond motifs is 1. The molecule has 5 rings (SSSR count). The van der Waals surface area contributed by atoms with Gasteiger partial charge in [0.15, 0.2) is 5.13 Å². The van der Waals surface area contributed by atoms with Crippen molar-refractivity contribution in [2.75, 3.05) is 41.3 Å². The second-order valence-corrected chi connectivity index (χ2v) is 9.77. The Labute approximate surface area is 202 Å². The number of anilines is 3. The van der Waals surface area contributed by atoms with Gasteiger partial charge in [-0.05, 0) is 55.5 Å². The molecule has 1 aromatic heterocycles. The number of carbonyl (C=O) groups excluding carboxylic acids is 3. The molecule has 2 aromatic carbocycles. The van der Waals surface area contributed by atoms with Gasteiger partial charge in [0.2, 0.25) is 5.91 Å². The summed E-state index contributed by atoms with van der Waals surface area (Å²) in [6.07, 6.45) is 3.24. The summed E-state index contributed by atoms with van der Waals surface area (Å²) in [7, 11) is 0. The lowest BCUT2D eigenvalue weighted by Crippen LogP contribution is -2.41. The second-order valence-electron chi connectivity index (χ2n) is 8.76. The van der Waals surface area contributed by atoms with E-state index < -0.39 is 11.8 Å². The van der Waals surface area contributed by atoms with Crippen molar-refractivity contribution in [2.45, 2.75) is 25.7 Å². The lowest BCUT2D eigenvalue weighted by Gasteiger charge is -2.31. The molecule has 0 bridgehead atoms. The van der Waals surface area contributed by atoms with Crippen molar-refractivity contribution in [3.05, 3.63) is 48.5 Å². The van der Waals surface area contributed by atoms with Crippen LogP contribution in [0.15, 0.2) is 48.5 Å². The average Bonchev–Trinajstić information content (AvgIpc) is 3.49. The highest BCUT2D eigenvalue weighted by atomic mass is 32.1. The lowest BCUT2D eigenvalue weighted by molar-refractivity contribution is -0.136. The molecule has 2 N–H and O–H groups in total. The maximum Gasteiger partial charge on any atom is 0.313 e. The molecule has 0 aliphatic carbocycles. The average molecular weight is 478 g/mol. The highest BCUT2D eigenvalue weighted by molar-refractivity contribution is 7.22. The van der Waals surface area contributed by atoms with E-state index >= 15 is 0 Å². The number of carbonyl (C=O) groups is 3. The Balaban J connectivity index is 1.09. The molecule has 8 nitrogen and oxygen atoms in total. The summed E-state index contributed by atoms with van der Waals surface area (Å²) >= 11 is 1.71. The van der Waals surface area contributed by atoms with E-state index in [1.807, 2.05) is 24.3 Å². The highest BCUT2D eigenvalue weighted by Crippen LogP contribution is 2.31. The van der Waals surface area contributed by atoms with Crippen molar-refractivity contribution in [1.82, 2.24) is 10.3 Å². The van der Waals surface area contributed by atoms with Crippen LogP contribution in [-0.4, -0.2) is 48.9 Å². The molecule has 2 fully saturated rings. The number of hydrogen-bond acceptors (Lipinski definition) is 6. The number of hydrogen-bond donors (Lipinski definition) is 2. The number of piperidine rings is 1. The highest BCUT2D eigenvalue weighted by Gasteiger charge is 2.24. The van der Waals surface area contributed by atoms with Crippen molar-refractivity contribution >= 4 is 55.8 Å². The molecule has 0 spiro atoms. The number of nitrogens with zero attached hydrogens (tertiary/aromatic N) is 3. The van der Waals surface area contributed by atoms with Gasteiger partial charge in [0, 0.05) is 44.0 Å². The second kappa shape index (κ2) is 9.80. The molecule has 3 amide bonds. The fourth-order valence-corrected chi connectivity index (χ4v) is 5.52. The summed E-state index contributed by atoms with van der Waals surface area (Å²) in [5, 5.41) is 6.47. The molecule has 2 saturated heterocycles. The van der Waals surface area contributed by atoms with Gasteiger partial charge < -0.3 is 20.4 Å². The quantitative estimate of drug-likeness (QED) is 0.550. The van der Waals surface area contributed by atoms with Gasteiger partial charge in [-0.15, -0.1) is 0 Å². The molecule has 176 valence electrons. The van der Waals surface area contributed by atoms with Crippen molar-refractivity contribution in [3.8, 4) is 0 Å². The zero-order valence-electron chi connectivity index (χ0n) is 18.8. The number of amides is 3. The fourth-order valence-electron chi connectivity index (χ4n) is 4.50. The monoisotopic (exact) mass is 477 g/mol. The van der Waals surface area contributed by atoms with Crippen LogP contribution >= 0.6 is 11.3 Å². The first kappa shape index (κ1) is 22.3. The smallest absolute Gasteiger partial charge is 0.313 e. The minimum atomic E-state index is -0.697. The van der Waals surface area contributed by atoms with Crippen LogP contribution in [0.4, 0.5) is 16.5 Å². The van der Waals surface area contributed by atoms with Gasteiger partial charge in [0.1, 0.15) is 0 Å². The summed E-state index contributed by atoms with van der Waals surface area (Å²) in [5.74, 6) is -0.935. The zero-order valence-corrected chi connectivity index (χ0v) is 19.6. The van der Waals surface area contributed by atoms with Gasteiger partial charge in [-0.1, -0.05) is 29.5 Å². The molecule has 0 unspecified atom stereocenters. The molecular weight excluding hydrogens is 450 g/mol. The molecule has 9 heteroatoms. The van der Waals surface area contributed by atoms with Crippen molar-refractivity contribution in [3.63, 3.8) is 0 Å². The standard InChI is InChI=1S/C25H27N5O3S/c31-22-9-4-12-30(22)19-6-3-5-18(15-19)27-24(33)23(32)26-16-17-10-13-29(14-11-17)25-28-20-7-1-2-8-21(20)34-25/h1-3,5-8,15,17H,4,9-14,16H2,(H,26,32)(H,27,33). The van der Waals surface area contributed by atoms with Crippen molar-refractivity contribution < 1.29 is 14.4 Å². The van der Waals surface area contributed by atoms with Gasteiger partial charge >= 0.3 is 11.8 Å². The van der Waals surface area contributed by atoms with E-state index in [0.29, 0.717) is 31.1 Å². The van der Waals surface area contributed by atoms with Gasteiger partial charge in [-0.3, -0.25) is 14.4 Å². The number of nitrogens with one attached hydrogen (secondary N) is 2. The van der Waals surface area contributed by atoms with Gasteiger partial charge in [-0.2, -0.15) is 0 Å². The molecular formula is C25H27N5O3S. The topological polar surface area (TPSA) is 94.6 Å². The van der Waals surface area contributed by atoms with E-state index in [-0.39, 0.29) is 5.91 Å². The molecule has 0 saturated carbocycles. The summed E-state index contributed by atoms with van der Waals surface area (Å²) in [5.41, 5.74) is 2.27. The van der Waals surface area contributed by atoms with Crippen LogP contribution in [0.25, 0.3) is 10.2 Å². The zero-order chi connectivity index (χ0) is 23.5. The third-order valence-corrected chi connectivity index (χ3v) is 7.51. The Bertz CT molecular complexity index is 1180. The first-order chi connectivity index (χ1) is 16.6. The normalized spacial score (nSPS) is 16.8. The van der Waals surface area contributed by atoms with Gasteiger partial charge in [0.05, 0.1) is 10.2 Å². The maximum atomic E-state index is 12.4. The third kappa shape index (κ3) is 4.89. The van der Waals surface area contributed by atoms with E-state index in [1.165, 1.54) is 4.70 Å². The molecule has 2 aliphatic heterocycles. The van der Waals surface area contributed by atoms with E-state index in [2.05, 4.69) is 21.6 Å². The molecule has 3 heterocycles.